The van der Waals surface area contributed by atoms with E-state index in [2.05, 4.69) is 5.10 Å². The number of rotatable bonds is 6. The highest BCUT2D eigenvalue weighted by Gasteiger charge is 2.21. The summed E-state index contributed by atoms with van der Waals surface area (Å²) in [5.41, 5.74) is 2.53. The topological polar surface area (TPSA) is 61.2 Å². The molecule has 2 aromatic carbocycles. The van der Waals surface area contributed by atoms with Gasteiger partial charge in [0.2, 0.25) is 5.88 Å². The fraction of sp³-hybridized carbons (Fsp3) is 0.211. The molecule has 0 fully saturated rings. The third-order valence-corrected chi connectivity index (χ3v) is 4.98. The van der Waals surface area contributed by atoms with E-state index in [0.717, 1.165) is 29.8 Å². The Labute approximate surface area is 148 Å². The van der Waals surface area contributed by atoms with Gasteiger partial charge in [-0.05, 0) is 37.6 Å². The van der Waals surface area contributed by atoms with Crippen LogP contribution in [0.25, 0.3) is 5.69 Å². The van der Waals surface area contributed by atoms with Gasteiger partial charge in [0.25, 0.3) is 0 Å². The standard InChI is InChI=1S/C19H20N2O3S/c1-3-7-16-14-19(21(20-16)17-8-5-4-6-9-17)24-25(22,23)18-12-10-15(2)11-13-18/h4-6,8-14H,3,7H2,1-2H3. The molecule has 0 aliphatic heterocycles. The maximum atomic E-state index is 12.6. The Morgan fingerprint density at radius 1 is 1.04 bits per heavy atom. The van der Waals surface area contributed by atoms with Gasteiger partial charge in [0.15, 0.2) is 0 Å². The largest absolute Gasteiger partial charge is 0.358 e. The highest BCUT2D eigenvalue weighted by Crippen LogP contribution is 2.24. The minimum Gasteiger partial charge on any atom is -0.358 e. The molecule has 0 N–H and O–H groups in total. The molecule has 0 saturated carbocycles. The number of nitrogens with zero attached hydrogens (tertiary/aromatic N) is 2. The Kier molecular flexibility index (Phi) is 4.90. The molecule has 0 amide bonds. The molecule has 0 aliphatic carbocycles. The number of hydrogen-bond acceptors (Lipinski definition) is 4. The van der Waals surface area contributed by atoms with Crippen molar-refractivity contribution in [2.75, 3.05) is 0 Å². The molecule has 0 saturated heterocycles. The summed E-state index contributed by atoms with van der Waals surface area (Å²) in [5.74, 6) is 0.190. The Morgan fingerprint density at radius 3 is 2.36 bits per heavy atom. The molecule has 1 heterocycles. The third kappa shape index (κ3) is 3.91. The van der Waals surface area contributed by atoms with Gasteiger partial charge in [-0.25, -0.2) is 0 Å². The second-order valence-electron chi connectivity index (χ2n) is 5.82. The van der Waals surface area contributed by atoms with Gasteiger partial charge in [0.1, 0.15) is 4.90 Å². The predicted octanol–water partition coefficient (Wildman–Crippen LogP) is 3.90. The molecule has 1 aromatic heterocycles. The van der Waals surface area contributed by atoms with E-state index in [1.165, 1.54) is 4.68 Å². The van der Waals surface area contributed by atoms with Crippen LogP contribution in [0.15, 0.2) is 65.6 Å². The van der Waals surface area contributed by atoms with E-state index in [-0.39, 0.29) is 10.8 Å². The lowest BCUT2D eigenvalue weighted by Crippen LogP contribution is -2.12. The SMILES string of the molecule is CCCc1cc(OS(=O)(=O)c2ccc(C)cc2)n(-c2ccccc2)n1. The van der Waals surface area contributed by atoms with Crippen molar-refractivity contribution in [3.05, 3.63) is 71.9 Å². The fourth-order valence-electron chi connectivity index (χ4n) is 2.47. The van der Waals surface area contributed by atoms with Crippen LogP contribution in [-0.4, -0.2) is 18.2 Å². The van der Waals surface area contributed by atoms with Gasteiger partial charge in [-0.15, -0.1) is 0 Å². The molecule has 0 atom stereocenters. The molecular formula is C19H20N2O3S. The first kappa shape index (κ1) is 17.2. The summed E-state index contributed by atoms with van der Waals surface area (Å²) in [4.78, 5) is 0.121. The van der Waals surface area contributed by atoms with E-state index >= 15 is 0 Å². The molecule has 3 rings (SSSR count). The minimum atomic E-state index is -3.92. The van der Waals surface area contributed by atoms with Crippen LogP contribution in [0.2, 0.25) is 0 Å². The van der Waals surface area contributed by atoms with Crippen LogP contribution in [0.4, 0.5) is 0 Å². The van der Waals surface area contributed by atoms with Crippen molar-refractivity contribution in [2.45, 2.75) is 31.6 Å². The zero-order valence-corrected chi connectivity index (χ0v) is 15.0. The molecule has 0 unspecified atom stereocenters. The Hall–Kier alpha value is -2.60. The number of aromatic nitrogens is 2. The average molecular weight is 356 g/mol. The van der Waals surface area contributed by atoms with Gasteiger partial charge >= 0.3 is 10.1 Å². The average Bonchev–Trinajstić information content (AvgIpc) is 2.98. The molecular weight excluding hydrogens is 336 g/mol. The van der Waals surface area contributed by atoms with Crippen LogP contribution < -0.4 is 4.18 Å². The lowest BCUT2D eigenvalue weighted by molar-refractivity contribution is 0.465. The van der Waals surface area contributed by atoms with E-state index in [0.29, 0.717) is 0 Å². The Balaban J connectivity index is 2.00. The summed E-state index contributed by atoms with van der Waals surface area (Å²) in [6.07, 6.45) is 1.66. The zero-order valence-electron chi connectivity index (χ0n) is 14.2. The lowest BCUT2D eigenvalue weighted by atomic mass is 10.2. The van der Waals surface area contributed by atoms with Crippen LogP contribution in [0.5, 0.6) is 5.88 Å². The van der Waals surface area contributed by atoms with Crippen molar-refractivity contribution < 1.29 is 12.6 Å². The second-order valence-corrected chi connectivity index (χ2v) is 7.37. The highest BCUT2D eigenvalue weighted by molar-refractivity contribution is 7.87. The lowest BCUT2D eigenvalue weighted by Gasteiger charge is -2.09. The summed E-state index contributed by atoms with van der Waals surface area (Å²) >= 11 is 0. The zero-order chi connectivity index (χ0) is 17.9. The summed E-state index contributed by atoms with van der Waals surface area (Å²) in [6.45, 7) is 3.95. The van der Waals surface area contributed by atoms with E-state index in [9.17, 15) is 8.42 Å². The first-order valence-corrected chi connectivity index (χ1v) is 9.56. The summed E-state index contributed by atoms with van der Waals surface area (Å²) in [7, 11) is -3.92. The van der Waals surface area contributed by atoms with Gasteiger partial charge in [-0.3, -0.25) is 0 Å². The normalized spacial score (nSPS) is 11.4. The molecule has 25 heavy (non-hydrogen) atoms. The van der Waals surface area contributed by atoms with E-state index < -0.39 is 10.1 Å². The maximum absolute atomic E-state index is 12.6. The first-order valence-electron chi connectivity index (χ1n) is 8.15. The number of hydrogen-bond donors (Lipinski definition) is 0. The van der Waals surface area contributed by atoms with Gasteiger partial charge < -0.3 is 4.18 Å². The first-order chi connectivity index (χ1) is 12.0. The van der Waals surface area contributed by atoms with Crippen LogP contribution in [-0.2, 0) is 16.5 Å². The van der Waals surface area contributed by atoms with Crippen LogP contribution in [0, 0.1) is 6.92 Å². The van der Waals surface area contributed by atoms with Crippen LogP contribution in [0.1, 0.15) is 24.6 Å². The summed E-state index contributed by atoms with van der Waals surface area (Å²) in [5, 5.41) is 4.49. The van der Waals surface area contributed by atoms with Crippen molar-refractivity contribution in [3.63, 3.8) is 0 Å². The van der Waals surface area contributed by atoms with E-state index in [1.807, 2.05) is 44.2 Å². The molecule has 130 valence electrons. The fourth-order valence-corrected chi connectivity index (χ4v) is 3.38. The molecule has 0 bridgehead atoms. The molecule has 0 aliphatic rings. The Morgan fingerprint density at radius 2 is 1.72 bits per heavy atom. The van der Waals surface area contributed by atoms with E-state index in [4.69, 9.17) is 4.18 Å². The molecule has 3 aromatic rings. The molecule has 5 nitrogen and oxygen atoms in total. The third-order valence-electron chi connectivity index (χ3n) is 3.74. The number of para-hydroxylation sites is 1. The summed E-state index contributed by atoms with van der Waals surface area (Å²) < 4.78 is 32.1. The van der Waals surface area contributed by atoms with E-state index in [1.54, 1.807) is 30.3 Å². The monoisotopic (exact) mass is 356 g/mol. The van der Waals surface area contributed by atoms with Crippen molar-refractivity contribution in [1.29, 1.82) is 0 Å². The van der Waals surface area contributed by atoms with Crippen molar-refractivity contribution in [3.8, 4) is 11.6 Å². The molecule has 0 radical (unpaired) electrons. The van der Waals surface area contributed by atoms with Gasteiger partial charge in [0, 0.05) is 6.07 Å². The smallest absolute Gasteiger partial charge is 0.340 e. The van der Waals surface area contributed by atoms with Crippen molar-refractivity contribution >= 4 is 10.1 Å². The Bertz CT molecular complexity index is 946. The minimum absolute atomic E-state index is 0.121. The van der Waals surface area contributed by atoms with Crippen molar-refractivity contribution in [1.82, 2.24) is 9.78 Å². The second kappa shape index (κ2) is 7.11. The molecule has 0 spiro atoms. The maximum Gasteiger partial charge on any atom is 0.340 e. The number of aryl methyl sites for hydroxylation is 2. The highest BCUT2D eigenvalue weighted by atomic mass is 32.2. The molecule has 6 heteroatoms. The van der Waals surface area contributed by atoms with Gasteiger partial charge in [-0.2, -0.15) is 18.2 Å². The van der Waals surface area contributed by atoms with Crippen LogP contribution >= 0.6 is 0 Å². The van der Waals surface area contributed by atoms with Gasteiger partial charge in [0.05, 0.1) is 11.4 Å². The number of benzene rings is 2. The van der Waals surface area contributed by atoms with Crippen molar-refractivity contribution in [2.24, 2.45) is 0 Å². The van der Waals surface area contributed by atoms with Crippen LogP contribution in [0.3, 0.4) is 0 Å². The summed E-state index contributed by atoms with van der Waals surface area (Å²) in [6, 6.07) is 17.6. The quantitative estimate of drug-likeness (QED) is 0.629. The van der Waals surface area contributed by atoms with Gasteiger partial charge in [-0.1, -0.05) is 49.2 Å². The predicted molar refractivity (Wildman–Crippen MR) is 96.6 cm³/mol.